The number of imide groups is 1. The van der Waals surface area contributed by atoms with Gasteiger partial charge in [-0.2, -0.15) is 0 Å². The minimum atomic E-state index is -1.00. The molecule has 1 aromatic carbocycles. The third-order valence-electron chi connectivity index (χ3n) is 4.12. The molecular weight excluding hydrogens is 340 g/mol. The fourth-order valence-electron chi connectivity index (χ4n) is 2.84. The number of hydrogen-bond acceptors (Lipinski definition) is 4. The predicted molar refractivity (Wildman–Crippen MR) is 95.9 cm³/mol. The molecule has 1 saturated heterocycles. The van der Waals surface area contributed by atoms with E-state index in [0.29, 0.717) is 10.6 Å². The van der Waals surface area contributed by atoms with Gasteiger partial charge in [-0.25, -0.2) is 4.79 Å². The van der Waals surface area contributed by atoms with Crippen LogP contribution in [0.1, 0.15) is 27.3 Å². The van der Waals surface area contributed by atoms with Gasteiger partial charge in [0, 0.05) is 18.4 Å². The Morgan fingerprint density at radius 2 is 1.88 bits per heavy atom. The van der Waals surface area contributed by atoms with Crippen molar-refractivity contribution in [2.75, 3.05) is 7.05 Å². The van der Waals surface area contributed by atoms with Crippen LogP contribution in [-0.2, 0) is 4.79 Å². The summed E-state index contributed by atoms with van der Waals surface area (Å²) in [5.74, 6) is -1.33. The molecule has 2 amide bonds. The van der Waals surface area contributed by atoms with E-state index in [9.17, 15) is 19.5 Å². The van der Waals surface area contributed by atoms with Crippen LogP contribution in [0.3, 0.4) is 0 Å². The van der Waals surface area contributed by atoms with Crippen molar-refractivity contribution < 1.29 is 19.5 Å². The molecule has 1 aliphatic heterocycles. The highest BCUT2D eigenvalue weighted by Gasteiger charge is 2.32. The maximum Gasteiger partial charge on any atom is 0.337 e. The Morgan fingerprint density at radius 1 is 1.20 bits per heavy atom. The molecule has 0 spiro atoms. The van der Waals surface area contributed by atoms with E-state index in [4.69, 9.17) is 0 Å². The summed E-state index contributed by atoms with van der Waals surface area (Å²) in [6.07, 6.45) is 1.68. The van der Waals surface area contributed by atoms with Crippen molar-refractivity contribution >= 4 is 35.0 Å². The van der Waals surface area contributed by atoms with Gasteiger partial charge in [0.25, 0.3) is 11.1 Å². The molecular formula is C18H16N2O4S. The van der Waals surface area contributed by atoms with Crippen molar-refractivity contribution in [1.82, 2.24) is 9.47 Å². The summed E-state index contributed by atoms with van der Waals surface area (Å²) in [6.45, 7) is 3.72. The molecule has 0 radical (unpaired) electrons. The number of hydrogen-bond donors (Lipinski definition) is 1. The summed E-state index contributed by atoms with van der Waals surface area (Å²) in [6, 6.07) is 8.63. The molecule has 2 aromatic rings. The number of carboxylic acids is 1. The van der Waals surface area contributed by atoms with Gasteiger partial charge in [-0.05, 0) is 55.4 Å². The van der Waals surface area contributed by atoms with Crippen molar-refractivity contribution in [1.29, 1.82) is 0 Å². The van der Waals surface area contributed by atoms with Gasteiger partial charge in [0.2, 0.25) is 0 Å². The van der Waals surface area contributed by atoms with E-state index in [2.05, 4.69) is 0 Å². The second-order valence-electron chi connectivity index (χ2n) is 5.72. The average molecular weight is 356 g/mol. The SMILES string of the molecule is Cc1cc(C=C2SC(=O)N(C)C2=O)c(C)n1-c1ccccc1C(=O)O. The first-order chi connectivity index (χ1) is 11.8. The summed E-state index contributed by atoms with van der Waals surface area (Å²) < 4.78 is 1.84. The summed E-state index contributed by atoms with van der Waals surface area (Å²) in [4.78, 5) is 36.6. The second-order valence-corrected chi connectivity index (χ2v) is 6.72. The van der Waals surface area contributed by atoms with Crippen LogP contribution < -0.4 is 0 Å². The molecule has 1 aromatic heterocycles. The summed E-state index contributed by atoms with van der Waals surface area (Å²) in [5, 5.41) is 9.12. The summed E-state index contributed by atoms with van der Waals surface area (Å²) >= 11 is 0.899. The first-order valence-corrected chi connectivity index (χ1v) is 8.36. The molecule has 6 nitrogen and oxygen atoms in total. The Morgan fingerprint density at radius 3 is 2.48 bits per heavy atom. The van der Waals surface area contributed by atoms with E-state index in [1.807, 2.05) is 24.5 Å². The topological polar surface area (TPSA) is 79.6 Å². The first-order valence-electron chi connectivity index (χ1n) is 7.54. The van der Waals surface area contributed by atoms with Gasteiger partial charge in [-0.15, -0.1) is 0 Å². The number of aromatic nitrogens is 1. The van der Waals surface area contributed by atoms with Crippen molar-refractivity contribution in [2.45, 2.75) is 13.8 Å². The van der Waals surface area contributed by atoms with Crippen LogP contribution in [0, 0.1) is 13.8 Å². The van der Waals surface area contributed by atoms with Crippen LogP contribution in [0.25, 0.3) is 11.8 Å². The maximum absolute atomic E-state index is 12.1. The van der Waals surface area contributed by atoms with Crippen LogP contribution >= 0.6 is 11.8 Å². The third kappa shape index (κ3) is 2.87. The normalized spacial score (nSPS) is 16.1. The zero-order chi connectivity index (χ0) is 18.3. The van der Waals surface area contributed by atoms with Crippen molar-refractivity contribution in [3.63, 3.8) is 0 Å². The number of nitrogens with zero attached hydrogens (tertiary/aromatic N) is 2. The van der Waals surface area contributed by atoms with Crippen molar-refractivity contribution in [2.24, 2.45) is 0 Å². The number of carbonyl (C=O) groups is 3. The number of thioether (sulfide) groups is 1. The van der Waals surface area contributed by atoms with Crippen LogP contribution in [0.5, 0.6) is 0 Å². The minimum Gasteiger partial charge on any atom is -0.478 e. The smallest absolute Gasteiger partial charge is 0.337 e. The van der Waals surface area contributed by atoms with Gasteiger partial charge in [0.15, 0.2) is 0 Å². The largest absolute Gasteiger partial charge is 0.478 e. The predicted octanol–water partition coefficient (Wildman–Crippen LogP) is 3.46. The lowest BCUT2D eigenvalue weighted by molar-refractivity contribution is -0.121. The van der Waals surface area contributed by atoms with Crippen molar-refractivity contribution in [3.8, 4) is 5.69 Å². The van der Waals surface area contributed by atoms with E-state index < -0.39 is 5.97 Å². The number of para-hydroxylation sites is 1. The highest BCUT2D eigenvalue weighted by atomic mass is 32.2. The highest BCUT2D eigenvalue weighted by Crippen LogP contribution is 2.33. The van der Waals surface area contributed by atoms with Crippen molar-refractivity contribution in [3.05, 3.63) is 57.8 Å². The second kappa shape index (κ2) is 6.25. The monoisotopic (exact) mass is 356 g/mol. The molecule has 1 aliphatic rings. The molecule has 0 unspecified atom stereocenters. The number of amides is 2. The summed E-state index contributed by atoms with van der Waals surface area (Å²) in [5.41, 5.74) is 3.18. The van der Waals surface area contributed by atoms with E-state index in [0.717, 1.165) is 33.6 Å². The highest BCUT2D eigenvalue weighted by molar-refractivity contribution is 8.18. The number of likely N-dealkylation sites (N-methyl/N-ethyl adjacent to an activating group) is 1. The van der Waals surface area contributed by atoms with Crippen LogP contribution in [0.2, 0.25) is 0 Å². The number of aromatic carboxylic acids is 1. The number of carbonyl (C=O) groups excluding carboxylic acids is 2. The Bertz CT molecular complexity index is 943. The molecule has 7 heteroatoms. The Balaban J connectivity index is 2.11. The number of aryl methyl sites for hydroxylation is 1. The molecule has 0 saturated carbocycles. The van der Waals surface area contributed by atoms with E-state index in [1.54, 1.807) is 30.3 Å². The standard InChI is InChI=1S/C18H16N2O4S/c1-10-8-12(9-15-16(21)19(3)18(24)25-15)11(2)20(10)14-7-5-4-6-13(14)17(22)23/h4-9H,1-3H3,(H,22,23). The molecule has 0 aliphatic carbocycles. The molecule has 0 atom stereocenters. The molecule has 3 rings (SSSR count). The number of rotatable bonds is 3. The lowest BCUT2D eigenvalue weighted by atomic mass is 10.1. The van der Waals surface area contributed by atoms with E-state index >= 15 is 0 Å². The molecule has 128 valence electrons. The lowest BCUT2D eigenvalue weighted by Gasteiger charge is -2.12. The van der Waals surface area contributed by atoms with E-state index in [1.165, 1.54) is 7.05 Å². The van der Waals surface area contributed by atoms with Crippen LogP contribution in [0.4, 0.5) is 4.79 Å². The van der Waals surface area contributed by atoms with Crippen LogP contribution in [0.15, 0.2) is 35.2 Å². The number of benzene rings is 1. The molecule has 2 heterocycles. The Hall–Kier alpha value is -2.80. The molecule has 1 N–H and O–H groups in total. The maximum atomic E-state index is 12.1. The lowest BCUT2D eigenvalue weighted by Crippen LogP contribution is -2.22. The molecule has 0 bridgehead atoms. The Labute approximate surface area is 148 Å². The fourth-order valence-corrected chi connectivity index (χ4v) is 3.66. The summed E-state index contributed by atoms with van der Waals surface area (Å²) in [7, 11) is 1.45. The average Bonchev–Trinajstić information content (AvgIpc) is 2.98. The first kappa shape index (κ1) is 17.0. The zero-order valence-corrected chi connectivity index (χ0v) is 14.8. The van der Waals surface area contributed by atoms with Gasteiger partial charge >= 0.3 is 5.97 Å². The fraction of sp³-hybridized carbons (Fsp3) is 0.167. The van der Waals surface area contributed by atoms with Gasteiger partial charge in [0.1, 0.15) is 0 Å². The third-order valence-corrected chi connectivity index (χ3v) is 5.08. The van der Waals surface area contributed by atoms with E-state index in [-0.39, 0.29) is 16.7 Å². The molecule has 1 fully saturated rings. The van der Waals surface area contributed by atoms with Gasteiger partial charge in [-0.3, -0.25) is 14.5 Å². The Kier molecular flexibility index (Phi) is 4.26. The van der Waals surface area contributed by atoms with Gasteiger partial charge in [-0.1, -0.05) is 12.1 Å². The zero-order valence-electron chi connectivity index (χ0n) is 13.9. The molecule has 25 heavy (non-hydrogen) atoms. The van der Waals surface area contributed by atoms with Crippen LogP contribution in [-0.4, -0.2) is 38.7 Å². The van der Waals surface area contributed by atoms with Gasteiger partial charge < -0.3 is 9.67 Å². The van der Waals surface area contributed by atoms with Gasteiger partial charge in [0.05, 0.1) is 16.2 Å². The quantitative estimate of drug-likeness (QED) is 0.852. The minimum absolute atomic E-state index is 0.199. The number of carboxylic acid groups (broad SMARTS) is 1.